The number of alkyl halides is 4. The fraction of sp³-hybridized carbons (Fsp3) is 1.00. The zero-order chi connectivity index (χ0) is 11.2. The zero-order valence-corrected chi connectivity index (χ0v) is 11.2. The Bertz CT molecular complexity index is 73.1. The van der Waals surface area contributed by atoms with Crippen molar-refractivity contribution in [1.29, 1.82) is 0 Å². The third kappa shape index (κ3) is 29.2. The Hall–Kier alpha value is 1.08. The third-order valence-electron chi connectivity index (χ3n) is 0.815. The van der Waals surface area contributed by atoms with Gasteiger partial charge < -0.3 is 9.47 Å². The van der Waals surface area contributed by atoms with Crippen LogP contribution in [0.2, 0.25) is 0 Å². The van der Waals surface area contributed by atoms with Crippen LogP contribution in [0, 0.1) is 0 Å². The van der Waals surface area contributed by atoms with E-state index in [2.05, 4.69) is 0 Å². The molecule has 1 saturated heterocycles. The normalized spacial score (nSPS) is 15.0. The van der Waals surface area contributed by atoms with Gasteiger partial charge in [0.15, 0.2) is 0 Å². The van der Waals surface area contributed by atoms with Gasteiger partial charge in [0.05, 0.1) is 26.4 Å². The molecule has 0 aliphatic carbocycles. The van der Waals surface area contributed by atoms with Crippen LogP contribution in [-0.4, -0.2) is 43.0 Å². The van der Waals surface area contributed by atoms with E-state index < -0.39 is 0 Å². The number of hydrogen-bond donors (Lipinski definition) is 0. The van der Waals surface area contributed by atoms with Gasteiger partial charge in [-0.25, -0.2) is 0 Å². The molecule has 0 N–H and O–H groups in total. The Kier molecular flexibility index (Phi) is 20.6. The zero-order valence-electron chi connectivity index (χ0n) is 8.15. The van der Waals surface area contributed by atoms with Gasteiger partial charge in [0.1, 0.15) is 4.84 Å². The molecule has 0 spiro atoms. The predicted molar refractivity (Wildman–Crippen MR) is 64.2 cm³/mol. The largest absolute Gasteiger partial charge is 0.377 e. The smallest absolute Gasteiger partial charge is 0.105 e. The lowest BCUT2D eigenvalue weighted by molar-refractivity contribution is -0.0334. The molecule has 2 nitrogen and oxygen atoms in total. The molecule has 1 aliphatic rings. The molecule has 0 radical (unpaired) electrons. The molecule has 0 unspecified atom stereocenters. The minimum absolute atomic E-state index is 0.222. The molecule has 1 aliphatic heterocycles. The molecule has 0 aromatic rings. The SMILES string of the molecule is C1COCCO1.CC(Cl)Cl.ClCCCl. The fourth-order valence-electron chi connectivity index (χ4n) is 0.440. The number of ether oxygens (including phenoxy) is 2. The van der Waals surface area contributed by atoms with Gasteiger partial charge >= 0.3 is 0 Å². The van der Waals surface area contributed by atoms with E-state index in [1.165, 1.54) is 0 Å². The summed E-state index contributed by atoms with van der Waals surface area (Å²) >= 11 is 20.2. The van der Waals surface area contributed by atoms with E-state index in [9.17, 15) is 0 Å². The minimum atomic E-state index is -0.222. The third-order valence-corrected chi connectivity index (χ3v) is 1.39. The first-order valence-corrected chi connectivity index (χ1v) is 6.14. The second-order valence-corrected chi connectivity index (χ2v) is 4.41. The van der Waals surface area contributed by atoms with Crippen molar-refractivity contribution in [3.8, 4) is 0 Å². The van der Waals surface area contributed by atoms with Gasteiger partial charge in [-0.15, -0.1) is 46.4 Å². The first-order valence-electron chi connectivity index (χ1n) is 4.20. The summed E-state index contributed by atoms with van der Waals surface area (Å²) in [6.07, 6.45) is 0. The maximum absolute atomic E-state index is 5.05. The summed E-state index contributed by atoms with van der Waals surface area (Å²) in [5.74, 6) is 1.11. The Balaban J connectivity index is 0. The Morgan fingerprint density at radius 3 is 1.21 bits per heavy atom. The van der Waals surface area contributed by atoms with Crippen LogP contribution in [0.4, 0.5) is 0 Å². The topological polar surface area (TPSA) is 18.5 Å². The van der Waals surface area contributed by atoms with E-state index in [0.29, 0.717) is 11.8 Å². The summed E-state index contributed by atoms with van der Waals surface area (Å²) in [5.41, 5.74) is 0. The summed E-state index contributed by atoms with van der Waals surface area (Å²) < 4.78 is 9.89. The Morgan fingerprint density at radius 2 is 1.14 bits per heavy atom. The molecule has 0 saturated carbocycles. The number of halogens is 4. The number of hydrogen-bond acceptors (Lipinski definition) is 2. The summed E-state index contributed by atoms with van der Waals surface area (Å²) in [6.45, 7) is 4.81. The van der Waals surface area contributed by atoms with Crippen LogP contribution < -0.4 is 0 Å². The second-order valence-electron chi connectivity index (χ2n) is 2.12. The maximum Gasteiger partial charge on any atom is 0.105 e. The van der Waals surface area contributed by atoms with E-state index in [-0.39, 0.29) is 4.84 Å². The van der Waals surface area contributed by atoms with Crippen LogP contribution in [0.5, 0.6) is 0 Å². The highest BCUT2D eigenvalue weighted by molar-refractivity contribution is 6.43. The van der Waals surface area contributed by atoms with Crippen LogP contribution in [0.3, 0.4) is 0 Å². The first-order chi connectivity index (χ1) is 6.65. The van der Waals surface area contributed by atoms with Crippen molar-refractivity contribution in [2.75, 3.05) is 38.2 Å². The van der Waals surface area contributed by atoms with E-state index in [1.54, 1.807) is 6.92 Å². The van der Waals surface area contributed by atoms with Crippen LogP contribution in [0.25, 0.3) is 0 Å². The second kappa shape index (κ2) is 16.5. The van der Waals surface area contributed by atoms with Gasteiger partial charge in [-0.3, -0.25) is 0 Å². The van der Waals surface area contributed by atoms with Gasteiger partial charge in [0, 0.05) is 11.8 Å². The monoisotopic (exact) mass is 284 g/mol. The molecule has 1 rings (SSSR count). The molecule has 0 amide bonds. The molecule has 0 atom stereocenters. The lowest BCUT2D eigenvalue weighted by atomic mass is 10.6. The average molecular weight is 286 g/mol. The highest BCUT2D eigenvalue weighted by Crippen LogP contribution is 1.95. The van der Waals surface area contributed by atoms with Gasteiger partial charge in [0.2, 0.25) is 0 Å². The lowest BCUT2D eigenvalue weighted by Gasteiger charge is -2.09. The first kappa shape index (κ1) is 17.5. The van der Waals surface area contributed by atoms with E-state index in [0.717, 1.165) is 26.4 Å². The molecule has 1 fully saturated rings. The van der Waals surface area contributed by atoms with E-state index >= 15 is 0 Å². The Labute approximate surface area is 106 Å². The highest BCUT2D eigenvalue weighted by Gasteiger charge is 1.94. The van der Waals surface area contributed by atoms with Crippen molar-refractivity contribution >= 4 is 46.4 Å². The van der Waals surface area contributed by atoms with E-state index in [1.807, 2.05) is 0 Å². The molecule has 1 heterocycles. The van der Waals surface area contributed by atoms with Crippen molar-refractivity contribution in [1.82, 2.24) is 0 Å². The van der Waals surface area contributed by atoms with Crippen LogP contribution in [0.15, 0.2) is 0 Å². The fourth-order valence-corrected chi connectivity index (χ4v) is 0.440. The van der Waals surface area contributed by atoms with Gasteiger partial charge in [-0.2, -0.15) is 0 Å². The molecule has 0 aromatic carbocycles. The van der Waals surface area contributed by atoms with Crippen molar-refractivity contribution in [3.05, 3.63) is 0 Å². The molecule has 88 valence electrons. The highest BCUT2D eigenvalue weighted by atomic mass is 35.5. The van der Waals surface area contributed by atoms with Crippen LogP contribution >= 0.6 is 46.4 Å². The molecular formula is C8H16Cl4O2. The summed E-state index contributed by atoms with van der Waals surface area (Å²) in [6, 6.07) is 0. The summed E-state index contributed by atoms with van der Waals surface area (Å²) in [5, 5.41) is 0. The van der Waals surface area contributed by atoms with Crippen LogP contribution in [-0.2, 0) is 9.47 Å². The van der Waals surface area contributed by atoms with Gasteiger partial charge in [-0.1, -0.05) is 0 Å². The van der Waals surface area contributed by atoms with Crippen molar-refractivity contribution in [2.45, 2.75) is 11.8 Å². The number of rotatable bonds is 1. The average Bonchev–Trinajstić information content (AvgIpc) is 2.20. The van der Waals surface area contributed by atoms with Crippen molar-refractivity contribution < 1.29 is 9.47 Å². The van der Waals surface area contributed by atoms with Gasteiger partial charge in [0.25, 0.3) is 0 Å². The molecule has 14 heavy (non-hydrogen) atoms. The van der Waals surface area contributed by atoms with Crippen LogP contribution in [0.1, 0.15) is 6.92 Å². The molecule has 6 heteroatoms. The lowest BCUT2D eigenvalue weighted by Crippen LogP contribution is -2.16. The predicted octanol–water partition coefficient (Wildman–Crippen LogP) is 3.31. The standard InChI is InChI=1S/C4H8O2.2C2H4Cl2/c1-2-6-4-3-5-1;1-2(3)4;3-1-2-4/h1-4H2;2H,1H3;1-2H2. The summed E-state index contributed by atoms with van der Waals surface area (Å²) in [7, 11) is 0. The minimum Gasteiger partial charge on any atom is -0.377 e. The maximum atomic E-state index is 5.05. The summed E-state index contributed by atoms with van der Waals surface area (Å²) in [4.78, 5) is -0.222. The Morgan fingerprint density at radius 1 is 0.929 bits per heavy atom. The molecular weight excluding hydrogens is 270 g/mol. The molecule has 0 aromatic heterocycles. The van der Waals surface area contributed by atoms with E-state index in [4.69, 9.17) is 55.9 Å². The van der Waals surface area contributed by atoms with Crippen molar-refractivity contribution in [3.63, 3.8) is 0 Å². The molecule has 0 bridgehead atoms. The van der Waals surface area contributed by atoms with Crippen molar-refractivity contribution in [2.24, 2.45) is 0 Å². The quantitative estimate of drug-likeness (QED) is 0.688. The van der Waals surface area contributed by atoms with Gasteiger partial charge in [-0.05, 0) is 6.92 Å².